The van der Waals surface area contributed by atoms with E-state index in [1.165, 1.54) is 31.4 Å². The molecule has 3 rings (SSSR count). The van der Waals surface area contributed by atoms with Crippen LogP contribution >= 0.6 is 23.5 Å². The first kappa shape index (κ1) is 19.2. The minimum atomic E-state index is -0.0446. The number of para-hydroxylation sites is 2. The van der Waals surface area contributed by atoms with Crippen LogP contribution < -0.4 is 10.2 Å². The molecule has 0 unspecified atom stereocenters. The van der Waals surface area contributed by atoms with Gasteiger partial charge >= 0.3 is 6.03 Å². The van der Waals surface area contributed by atoms with Crippen molar-refractivity contribution in [1.82, 2.24) is 5.32 Å². The van der Waals surface area contributed by atoms with Crippen molar-refractivity contribution in [3.63, 3.8) is 0 Å². The van der Waals surface area contributed by atoms with E-state index in [0.717, 1.165) is 26.9 Å². The molecule has 0 aromatic heterocycles. The van der Waals surface area contributed by atoms with E-state index in [0.29, 0.717) is 6.54 Å². The number of fused-ring (bicyclic) bond motifs is 2. The van der Waals surface area contributed by atoms with Gasteiger partial charge in [-0.1, -0.05) is 62.2 Å². The average Bonchev–Trinajstić information content (AvgIpc) is 2.68. The van der Waals surface area contributed by atoms with Crippen LogP contribution in [0, 0.1) is 0 Å². The molecule has 2 aromatic rings. The lowest BCUT2D eigenvalue weighted by molar-refractivity contribution is 0.249. The summed E-state index contributed by atoms with van der Waals surface area (Å²) in [5.41, 5.74) is 1.92. The van der Waals surface area contributed by atoms with Crippen LogP contribution in [0.3, 0.4) is 0 Å². The number of unbranched alkanes of at least 4 members (excludes halogenated alkanes) is 3. The van der Waals surface area contributed by atoms with Crippen LogP contribution in [0.4, 0.5) is 16.2 Å². The van der Waals surface area contributed by atoms with E-state index in [4.69, 9.17) is 0 Å². The van der Waals surface area contributed by atoms with Crippen LogP contribution in [-0.4, -0.2) is 24.1 Å². The summed E-state index contributed by atoms with van der Waals surface area (Å²) in [5.74, 6) is 2.14. The number of benzene rings is 2. The van der Waals surface area contributed by atoms with Gasteiger partial charge in [-0.25, -0.2) is 4.79 Å². The van der Waals surface area contributed by atoms with Gasteiger partial charge in [-0.05, 0) is 36.4 Å². The number of rotatable bonds is 8. The maximum absolute atomic E-state index is 12.9. The third kappa shape index (κ3) is 4.77. The fourth-order valence-electron chi connectivity index (χ4n) is 2.97. The van der Waals surface area contributed by atoms with Crippen LogP contribution in [0.25, 0.3) is 0 Å². The molecule has 0 radical (unpaired) electrons. The summed E-state index contributed by atoms with van der Waals surface area (Å²) >= 11 is 3.65. The van der Waals surface area contributed by atoms with Crippen molar-refractivity contribution in [2.24, 2.45) is 0 Å². The Morgan fingerprint density at radius 3 is 2.27 bits per heavy atom. The van der Waals surface area contributed by atoms with Crippen molar-refractivity contribution in [2.75, 3.05) is 23.0 Å². The Labute approximate surface area is 164 Å². The van der Waals surface area contributed by atoms with Gasteiger partial charge < -0.3 is 5.32 Å². The summed E-state index contributed by atoms with van der Waals surface area (Å²) < 4.78 is 0. The van der Waals surface area contributed by atoms with Crippen molar-refractivity contribution in [3.05, 3.63) is 48.5 Å². The van der Waals surface area contributed by atoms with Crippen molar-refractivity contribution in [3.8, 4) is 0 Å². The lowest BCUT2D eigenvalue weighted by atomic mass is 10.2. The molecule has 138 valence electrons. The lowest BCUT2D eigenvalue weighted by Crippen LogP contribution is -2.39. The Morgan fingerprint density at radius 2 is 1.62 bits per heavy atom. The Morgan fingerprint density at radius 1 is 0.962 bits per heavy atom. The first-order valence-electron chi connectivity index (χ1n) is 9.33. The molecule has 1 N–H and O–H groups in total. The molecule has 2 aromatic carbocycles. The predicted molar refractivity (Wildman–Crippen MR) is 114 cm³/mol. The van der Waals surface area contributed by atoms with E-state index in [9.17, 15) is 4.79 Å². The molecule has 2 amide bonds. The van der Waals surface area contributed by atoms with Gasteiger partial charge in [0.2, 0.25) is 0 Å². The zero-order valence-corrected chi connectivity index (χ0v) is 16.9. The largest absolute Gasteiger partial charge is 0.337 e. The number of carbonyl (C=O) groups excluding carboxylic acids is 1. The molecule has 0 saturated carbocycles. The molecular weight excluding hydrogens is 360 g/mol. The summed E-state index contributed by atoms with van der Waals surface area (Å²) in [6, 6.07) is 16.1. The Hall–Kier alpha value is -1.59. The van der Waals surface area contributed by atoms with Gasteiger partial charge in [0.05, 0.1) is 11.4 Å². The van der Waals surface area contributed by atoms with Gasteiger partial charge in [-0.15, -0.1) is 0 Å². The second kappa shape index (κ2) is 9.93. The Kier molecular flexibility index (Phi) is 7.32. The van der Waals surface area contributed by atoms with Crippen LogP contribution in [0.1, 0.15) is 32.6 Å². The zero-order chi connectivity index (χ0) is 18.2. The number of carbonyl (C=O) groups is 1. The van der Waals surface area contributed by atoms with Crippen molar-refractivity contribution in [2.45, 2.75) is 42.4 Å². The average molecular weight is 387 g/mol. The number of urea groups is 1. The highest BCUT2D eigenvalue weighted by Crippen LogP contribution is 2.47. The fraction of sp³-hybridized carbons (Fsp3) is 0.381. The smallest absolute Gasteiger partial charge is 0.326 e. The first-order valence-corrected chi connectivity index (χ1v) is 11.3. The fourth-order valence-corrected chi connectivity index (χ4v) is 4.88. The summed E-state index contributed by atoms with van der Waals surface area (Å²) in [6.45, 7) is 2.93. The molecule has 1 aliphatic rings. The van der Waals surface area contributed by atoms with E-state index in [-0.39, 0.29) is 6.03 Å². The summed E-state index contributed by atoms with van der Waals surface area (Å²) in [5, 5.41) is 3.09. The van der Waals surface area contributed by atoms with Crippen molar-refractivity contribution in [1.29, 1.82) is 0 Å². The molecule has 0 saturated heterocycles. The van der Waals surface area contributed by atoms with Crippen LogP contribution in [0.15, 0.2) is 58.3 Å². The highest BCUT2D eigenvalue weighted by molar-refractivity contribution is 7.99. The SMILES string of the molecule is CCCCCCSCCNC(=O)N1c2ccccc2Sc2ccccc21. The molecule has 26 heavy (non-hydrogen) atoms. The van der Waals surface area contributed by atoms with Gasteiger partial charge in [-0.2, -0.15) is 11.8 Å². The second-order valence-electron chi connectivity index (χ2n) is 6.28. The van der Waals surface area contributed by atoms with Crippen molar-refractivity contribution < 1.29 is 4.79 Å². The van der Waals surface area contributed by atoms with Gasteiger partial charge in [-0.3, -0.25) is 4.90 Å². The Balaban J connectivity index is 1.57. The highest BCUT2D eigenvalue weighted by Gasteiger charge is 2.27. The maximum atomic E-state index is 12.9. The summed E-state index contributed by atoms with van der Waals surface area (Å²) in [7, 11) is 0. The van der Waals surface area contributed by atoms with Gasteiger partial charge in [0.25, 0.3) is 0 Å². The quantitative estimate of drug-likeness (QED) is 0.539. The predicted octanol–water partition coefficient (Wildman–Crippen LogP) is 6.31. The highest BCUT2D eigenvalue weighted by atomic mass is 32.2. The molecule has 0 spiro atoms. The molecule has 1 heterocycles. The van der Waals surface area contributed by atoms with E-state index >= 15 is 0 Å². The molecular formula is C21H26N2OS2. The summed E-state index contributed by atoms with van der Waals surface area (Å²) in [6.07, 6.45) is 5.19. The van der Waals surface area contributed by atoms with E-state index in [1.54, 1.807) is 11.8 Å². The number of thioether (sulfide) groups is 1. The number of hydrogen-bond acceptors (Lipinski definition) is 3. The van der Waals surface area contributed by atoms with E-state index in [1.807, 2.05) is 53.1 Å². The molecule has 0 fully saturated rings. The molecule has 0 atom stereocenters. The van der Waals surface area contributed by atoms with Crippen LogP contribution in [0.5, 0.6) is 0 Å². The number of nitrogens with zero attached hydrogens (tertiary/aromatic N) is 1. The van der Waals surface area contributed by atoms with Crippen LogP contribution in [0.2, 0.25) is 0 Å². The number of anilines is 2. The van der Waals surface area contributed by atoms with E-state index in [2.05, 4.69) is 24.4 Å². The van der Waals surface area contributed by atoms with Gasteiger partial charge in [0.1, 0.15) is 0 Å². The molecule has 1 aliphatic heterocycles. The number of hydrogen-bond donors (Lipinski definition) is 1. The zero-order valence-electron chi connectivity index (χ0n) is 15.2. The third-order valence-corrected chi connectivity index (χ3v) is 6.50. The van der Waals surface area contributed by atoms with Crippen molar-refractivity contribution >= 4 is 40.9 Å². The second-order valence-corrected chi connectivity index (χ2v) is 8.59. The Bertz CT molecular complexity index is 690. The molecule has 3 nitrogen and oxygen atoms in total. The molecule has 5 heteroatoms. The maximum Gasteiger partial charge on any atom is 0.326 e. The number of amides is 2. The molecule has 0 bridgehead atoms. The standard InChI is InChI=1S/C21H26N2OS2/c1-2-3-4-9-15-25-16-14-22-21(24)23-17-10-5-7-12-19(17)26-20-13-8-6-11-18(20)23/h5-8,10-13H,2-4,9,14-16H2,1H3,(H,22,24). The monoisotopic (exact) mass is 386 g/mol. The van der Waals surface area contributed by atoms with Gasteiger partial charge in [0, 0.05) is 22.1 Å². The van der Waals surface area contributed by atoms with E-state index < -0.39 is 0 Å². The summed E-state index contributed by atoms with van der Waals surface area (Å²) in [4.78, 5) is 16.9. The lowest BCUT2D eigenvalue weighted by Gasteiger charge is -2.31. The van der Waals surface area contributed by atoms with Gasteiger partial charge in [0.15, 0.2) is 0 Å². The normalized spacial score (nSPS) is 12.4. The topological polar surface area (TPSA) is 32.3 Å². The molecule has 0 aliphatic carbocycles. The first-order chi connectivity index (χ1) is 12.8. The minimum Gasteiger partial charge on any atom is -0.337 e. The van der Waals surface area contributed by atoms with Crippen LogP contribution in [-0.2, 0) is 0 Å². The minimum absolute atomic E-state index is 0.0446. The number of nitrogens with one attached hydrogen (secondary N) is 1. The third-order valence-electron chi connectivity index (χ3n) is 4.30.